The topological polar surface area (TPSA) is 167 Å². The molecule has 0 saturated heterocycles. The van der Waals surface area contributed by atoms with E-state index >= 15 is 0 Å². The van der Waals surface area contributed by atoms with Crippen LogP contribution in [-0.4, -0.2) is 107 Å². The fourth-order valence-electron chi connectivity index (χ4n) is 0.102. The molecule has 7 N–H and O–H groups in total. The van der Waals surface area contributed by atoms with E-state index in [1.54, 1.807) is 0 Å². The zero-order valence-corrected chi connectivity index (χ0v) is 11.2. The van der Waals surface area contributed by atoms with Crippen molar-refractivity contribution in [3.8, 4) is 0 Å². The summed E-state index contributed by atoms with van der Waals surface area (Å²) in [6.45, 7) is 0. The van der Waals surface area contributed by atoms with Crippen molar-refractivity contribution >= 4 is 89.5 Å². The predicted molar refractivity (Wildman–Crippen MR) is 44.3 cm³/mol. The zero-order valence-electron chi connectivity index (χ0n) is 9.93. The molecule has 0 aliphatic heterocycles. The molecule has 0 amide bonds. The van der Waals surface area contributed by atoms with Crippen molar-refractivity contribution in [3.05, 3.63) is 0 Å². The summed E-state index contributed by atoms with van der Waals surface area (Å²) >= 11 is 0. The van der Waals surface area contributed by atoms with E-state index < -0.39 is 14.0 Å². The number of hydrogen-bond acceptors (Lipinski definition) is 3. The Morgan fingerprint density at radius 3 is 1.50 bits per heavy atom. The van der Waals surface area contributed by atoms with E-state index in [9.17, 15) is 9.36 Å². The Kier molecular flexibility index (Phi) is 31.3. The Morgan fingerprint density at radius 1 is 1.25 bits per heavy atom. The molecule has 12 heavy (non-hydrogen) atoms. The fourth-order valence-corrected chi connectivity index (χ4v) is 0.305. The molecule has 0 fully saturated rings. The third-order valence-electron chi connectivity index (χ3n) is 0.197. The summed E-state index contributed by atoms with van der Waals surface area (Å²) in [5.74, 6) is 0. The minimum Gasteiger partial charge on any atom is -1.00 e. The smallest absolute Gasteiger partial charge is 1.00 e. The van der Waals surface area contributed by atoms with Crippen LogP contribution >= 0.6 is 7.82 Å². The molecule has 0 saturated carbocycles. The van der Waals surface area contributed by atoms with Crippen LogP contribution in [0.15, 0.2) is 0 Å². The first-order chi connectivity index (χ1) is 3.42. The van der Waals surface area contributed by atoms with Crippen molar-refractivity contribution in [2.45, 2.75) is 0 Å². The molecular formula is CH11Ca2O8P. The zero-order chi connectivity index (χ0) is 6.78. The second kappa shape index (κ2) is 12.9. The first kappa shape index (κ1) is 29.2. The van der Waals surface area contributed by atoms with Crippen molar-refractivity contribution in [1.29, 1.82) is 0 Å². The average molecular weight is 262 g/mol. The van der Waals surface area contributed by atoms with Crippen molar-refractivity contribution in [1.82, 2.24) is 0 Å². The number of carboxylic acid groups (broad SMARTS) is 1. The van der Waals surface area contributed by atoms with Gasteiger partial charge in [-0.1, -0.05) is 0 Å². The molecule has 0 unspecified atom stereocenters. The summed E-state index contributed by atoms with van der Waals surface area (Å²) in [5, 5.41) is 7.53. The number of phosphoric acid groups is 1. The summed E-state index contributed by atoms with van der Waals surface area (Å²) in [6, 6.07) is 0. The second-order valence-corrected chi connectivity index (χ2v) is 2.01. The second-order valence-electron chi connectivity index (χ2n) is 0.848. The quantitative estimate of drug-likeness (QED) is 0.358. The summed E-state index contributed by atoms with van der Waals surface area (Å²) < 4.78 is 12.6. The van der Waals surface area contributed by atoms with E-state index in [1.165, 1.54) is 0 Å². The van der Waals surface area contributed by atoms with Gasteiger partial charge in [-0.15, -0.1) is 0 Å². The molecule has 0 aromatic heterocycles. The van der Waals surface area contributed by atoms with Gasteiger partial charge in [0, 0.05) is 0 Å². The molecule has 0 aromatic carbocycles. The van der Waals surface area contributed by atoms with E-state index in [0.717, 1.165) is 0 Å². The van der Waals surface area contributed by atoms with E-state index in [-0.39, 0.29) is 92.1 Å². The maximum absolute atomic E-state index is 9.53. The van der Waals surface area contributed by atoms with Crippen LogP contribution in [0, 0.1) is 0 Å². The first-order valence-electron chi connectivity index (χ1n) is 1.40. The summed E-state index contributed by atoms with van der Waals surface area (Å²) in [4.78, 5) is 24.7. The monoisotopic (exact) mass is 262 g/mol. The van der Waals surface area contributed by atoms with Gasteiger partial charge in [0.1, 0.15) is 0 Å². The van der Waals surface area contributed by atoms with Crippen LogP contribution in [0.25, 0.3) is 0 Å². The Labute approximate surface area is 133 Å². The molecule has 0 heterocycles. The van der Waals surface area contributed by atoms with Crippen LogP contribution < -0.4 is 0 Å². The predicted octanol–water partition coefficient (Wildman–Crippen LogP) is -2.19. The Morgan fingerprint density at radius 2 is 1.50 bits per heavy atom. The number of hydrogen-bond donors (Lipinski definition) is 3. The summed E-state index contributed by atoms with van der Waals surface area (Å²) in [6.07, 6.45) is -1.99. The van der Waals surface area contributed by atoms with Crippen LogP contribution in [0.5, 0.6) is 0 Å². The molecule has 72 valence electrons. The molecule has 11 heteroatoms. The molecule has 0 aromatic rings. The van der Waals surface area contributed by atoms with Gasteiger partial charge in [0.2, 0.25) is 0 Å². The van der Waals surface area contributed by atoms with Gasteiger partial charge in [-0.3, -0.25) is 9.79 Å². The number of rotatable bonds is 1. The normalized spacial score (nSPS) is 7.17. The summed E-state index contributed by atoms with van der Waals surface area (Å²) in [5.41, 5.74) is 0. The van der Waals surface area contributed by atoms with Gasteiger partial charge in [0.25, 0.3) is 0 Å². The Balaban J connectivity index is -0.00000000875. The minimum absolute atomic E-state index is 0. The molecule has 0 aliphatic rings. The van der Waals surface area contributed by atoms with Crippen LogP contribution in [0.4, 0.5) is 4.79 Å². The maximum atomic E-state index is 9.53. The van der Waals surface area contributed by atoms with Gasteiger partial charge in [0.15, 0.2) is 0 Å². The number of carbonyl (C=O) groups is 1. The maximum Gasteiger partial charge on any atom is 2.00 e. The van der Waals surface area contributed by atoms with E-state index in [1.807, 2.05) is 0 Å². The number of phosphoric ester groups is 1. The van der Waals surface area contributed by atoms with Gasteiger partial charge in [-0.2, -0.15) is 0 Å². The molecular weight excluding hydrogens is 251 g/mol. The Hall–Kier alpha value is 1.86. The largest absolute Gasteiger partial charge is 2.00 e. The molecule has 0 spiro atoms. The van der Waals surface area contributed by atoms with Gasteiger partial charge >= 0.3 is 89.5 Å². The van der Waals surface area contributed by atoms with E-state index in [2.05, 4.69) is 4.52 Å². The summed E-state index contributed by atoms with van der Waals surface area (Å²) in [7, 11) is -4.82. The standard InChI is InChI=1S/CH3O6P.2Ca.2H2O.4H/c2-1(3)7-8(4,5)6;;;;;;;;/h(H,2,3)(H2,4,5,6);;;2*1H2;;;;/q;2*+2;;;4*-1. The molecule has 0 bridgehead atoms. The third-order valence-corrected chi connectivity index (χ3v) is 0.591. The van der Waals surface area contributed by atoms with Crippen molar-refractivity contribution < 1.29 is 45.4 Å². The molecule has 0 atom stereocenters. The van der Waals surface area contributed by atoms with Crippen LogP contribution in [-0.2, 0) is 9.09 Å². The third kappa shape index (κ3) is 29.7. The van der Waals surface area contributed by atoms with Crippen molar-refractivity contribution in [2.24, 2.45) is 0 Å². The van der Waals surface area contributed by atoms with Gasteiger partial charge in [-0.25, -0.2) is 9.36 Å². The van der Waals surface area contributed by atoms with Crippen molar-refractivity contribution in [2.75, 3.05) is 0 Å². The first-order valence-corrected chi connectivity index (χ1v) is 2.93. The molecule has 0 rings (SSSR count). The van der Waals surface area contributed by atoms with Gasteiger partial charge in [0.05, 0.1) is 0 Å². The van der Waals surface area contributed by atoms with Gasteiger partial charge in [-0.05, 0) is 0 Å². The average Bonchev–Trinajstić information content (AvgIpc) is 1.21. The van der Waals surface area contributed by atoms with Crippen LogP contribution in [0.3, 0.4) is 0 Å². The van der Waals surface area contributed by atoms with Crippen LogP contribution in [0.2, 0.25) is 0 Å². The van der Waals surface area contributed by atoms with E-state index in [4.69, 9.17) is 14.9 Å². The fraction of sp³-hybridized carbons (Fsp3) is 0. The Bertz CT molecular complexity index is 153. The molecule has 8 nitrogen and oxygen atoms in total. The van der Waals surface area contributed by atoms with Crippen molar-refractivity contribution in [3.63, 3.8) is 0 Å². The SMILES string of the molecule is O.O.O=C(O)OP(=O)(O)O.[Ca+2].[Ca+2].[H-].[H-].[H-].[H-]. The van der Waals surface area contributed by atoms with Crippen LogP contribution in [0.1, 0.15) is 5.71 Å². The molecule has 0 radical (unpaired) electrons. The van der Waals surface area contributed by atoms with Gasteiger partial charge < -0.3 is 26.3 Å². The molecule has 0 aliphatic carbocycles. The van der Waals surface area contributed by atoms with E-state index in [0.29, 0.717) is 0 Å². The minimum atomic E-state index is -4.82.